The Morgan fingerprint density at radius 1 is 0.900 bits per heavy atom. The normalized spacial score (nSPS) is 32.9. The smallest absolute Gasteiger partial charge is 0.00817 e. The van der Waals surface area contributed by atoms with Gasteiger partial charge < -0.3 is 0 Å². The number of thioether (sulfide) groups is 1. The number of rotatable bonds is 9. The van der Waals surface area contributed by atoms with Crippen LogP contribution in [0.15, 0.2) is 11.6 Å². The highest BCUT2D eigenvalue weighted by Gasteiger charge is 2.29. The summed E-state index contributed by atoms with van der Waals surface area (Å²) in [6, 6.07) is 0. The lowest BCUT2D eigenvalue weighted by atomic mass is 9.71. The summed E-state index contributed by atoms with van der Waals surface area (Å²) in [6.45, 7) is 14.9. The summed E-state index contributed by atoms with van der Waals surface area (Å²) in [5.41, 5.74) is 1.84. The van der Waals surface area contributed by atoms with Crippen LogP contribution in [0.5, 0.6) is 0 Å². The molecule has 0 nitrogen and oxygen atoms in total. The first kappa shape index (κ1) is 26.3. The van der Waals surface area contributed by atoms with Crippen LogP contribution in [0.1, 0.15) is 119 Å². The van der Waals surface area contributed by atoms with Crippen molar-refractivity contribution in [2.45, 2.75) is 124 Å². The average Bonchev–Trinajstić information content (AvgIpc) is 2.71. The molecule has 1 saturated carbocycles. The van der Waals surface area contributed by atoms with E-state index in [0.29, 0.717) is 0 Å². The van der Waals surface area contributed by atoms with Crippen LogP contribution in [0.25, 0.3) is 0 Å². The molecule has 0 saturated heterocycles. The van der Waals surface area contributed by atoms with E-state index in [0.717, 1.165) is 46.7 Å². The van der Waals surface area contributed by atoms with E-state index in [1.165, 1.54) is 77.0 Å². The van der Waals surface area contributed by atoms with Gasteiger partial charge in [-0.25, -0.2) is 0 Å². The molecule has 7 unspecified atom stereocenters. The van der Waals surface area contributed by atoms with Gasteiger partial charge in [-0.1, -0.05) is 91.7 Å². The Morgan fingerprint density at radius 3 is 2.33 bits per heavy atom. The third kappa shape index (κ3) is 8.55. The highest BCUT2D eigenvalue weighted by atomic mass is 32.2. The second kappa shape index (κ2) is 13.6. The molecule has 0 bridgehead atoms. The van der Waals surface area contributed by atoms with Crippen LogP contribution in [0.2, 0.25) is 0 Å². The Kier molecular flexibility index (Phi) is 11.9. The monoisotopic (exact) mass is 434 g/mol. The van der Waals surface area contributed by atoms with Gasteiger partial charge in [-0.3, -0.25) is 0 Å². The Hall–Kier alpha value is 0.0900. The summed E-state index contributed by atoms with van der Waals surface area (Å²) < 4.78 is 0. The Labute approximate surface area is 194 Å². The number of hydrogen-bond acceptors (Lipinski definition) is 1. The lowest BCUT2D eigenvalue weighted by Gasteiger charge is -2.35. The maximum Gasteiger partial charge on any atom is 0.00817 e. The summed E-state index contributed by atoms with van der Waals surface area (Å²) in [7, 11) is 0. The topological polar surface area (TPSA) is 0 Å². The molecule has 7 atom stereocenters. The van der Waals surface area contributed by atoms with Gasteiger partial charge in [0.25, 0.3) is 0 Å². The third-order valence-electron chi connectivity index (χ3n) is 8.95. The Morgan fingerprint density at radius 2 is 1.63 bits per heavy atom. The molecular weight excluding hydrogens is 380 g/mol. The van der Waals surface area contributed by atoms with Gasteiger partial charge in [-0.15, -0.1) is 0 Å². The zero-order valence-electron chi connectivity index (χ0n) is 21.6. The Balaban J connectivity index is 1.91. The van der Waals surface area contributed by atoms with Crippen LogP contribution in [0, 0.1) is 41.4 Å². The van der Waals surface area contributed by atoms with Crippen molar-refractivity contribution in [1.82, 2.24) is 0 Å². The molecule has 2 aliphatic carbocycles. The number of allylic oxidation sites excluding steroid dienone is 2. The highest BCUT2D eigenvalue weighted by Crippen LogP contribution is 2.41. The molecule has 0 aliphatic heterocycles. The van der Waals surface area contributed by atoms with Gasteiger partial charge in [-0.05, 0) is 86.2 Å². The van der Waals surface area contributed by atoms with Crippen molar-refractivity contribution in [1.29, 1.82) is 0 Å². The summed E-state index contributed by atoms with van der Waals surface area (Å²) >= 11 is 2.10. The quantitative estimate of drug-likeness (QED) is 0.325. The first-order valence-corrected chi connectivity index (χ1v) is 14.8. The van der Waals surface area contributed by atoms with Crippen molar-refractivity contribution in [2.75, 3.05) is 6.26 Å². The minimum Gasteiger partial charge on any atom is -0.162 e. The molecule has 1 fully saturated rings. The van der Waals surface area contributed by atoms with Crippen molar-refractivity contribution < 1.29 is 0 Å². The first-order chi connectivity index (χ1) is 14.3. The van der Waals surface area contributed by atoms with Crippen molar-refractivity contribution in [3.05, 3.63) is 11.6 Å². The molecular formula is C29H54S. The summed E-state index contributed by atoms with van der Waals surface area (Å²) in [5, 5.41) is 0.888. The minimum atomic E-state index is 0.851. The van der Waals surface area contributed by atoms with Crippen molar-refractivity contribution >= 4 is 11.8 Å². The van der Waals surface area contributed by atoms with E-state index in [2.05, 4.69) is 65.6 Å². The summed E-state index contributed by atoms with van der Waals surface area (Å²) in [4.78, 5) is 0. The molecule has 0 aromatic heterocycles. The molecule has 176 valence electrons. The van der Waals surface area contributed by atoms with E-state index in [-0.39, 0.29) is 0 Å². The lowest BCUT2D eigenvalue weighted by Crippen LogP contribution is -2.24. The minimum absolute atomic E-state index is 0.851. The van der Waals surface area contributed by atoms with Gasteiger partial charge in [0.15, 0.2) is 0 Å². The molecule has 0 aromatic carbocycles. The molecule has 0 spiro atoms. The molecule has 2 aliphatic rings. The van der Waals surface area contributed by atoms with E-state index in [1.54, 1.807) is 0 Å². The van der Waals surface area contributed by atoms with E-state index >= 15 is 0 Å². The predicted octanol–water partition coefficient (Wildman–Crippen LogP) is 9.79. The Bertz CT molecular complexity index is 493. The van der Waals surface area contributed by atoms with Gasteiger partial charge in [-0.2, -0.15) is 11.8 Å². The van der Waals surface area contributed by atoms with Crippen molar-refractivity contribution in [3.63, 3.8) is 0 Å². The zero-order chi connectivity index (χ0) is 22.1. The largest absolute Gasteiger partial charge is 0.162 e. The molecule has 2 rings (SSSR count). The molecule has 30 heavy (non-hydrogen) atoms. The van der Waals surface area contributed by atoms with Crippen LogP contribution in [0.4, 0.5) is 0 Å². The summed E-state index contributed by atoms with van der Waals surface area (Å²) in [6.07, 6.45) is 22.2. The van der Waals surface area contributed by atoms with Crippen molar-refractivity contribution in [3.8, 4) is 0 Å². The maximum absolute atomic E-state index is 2.72. The fourth-order valence-corrected chi connectivity index (χ4v) is 7.03. The fourth-order valence-electron chi connectivity index (χ4n) is 6.30. The predicted molar refractivity (Wildman–Crippen MR) is 139 cm³/mol. The standard InChI is InChI=1S/C29H54S/c1-21(2)10-8-11-22(3)23(4)15-19-29-24(5)12-9-13-26-17-18-28(30-7)20-27(26)16-14-25(29)6/h16,21-26,28-29H,8-15,17-20H2,1-7H3. The molecule has 0 N–H and O–H groups in total. The zero-order valence-corrected chi connectivity index (χ0v) is 22.4. The molecule has 1 heteroatoms. The van der Waals surface area contributed by atoms with E-state index in [1.807, 2.05) is 5.57 Å². The first-order valence-electron chi connectivity index (χ1n) is 13.5. The number of hydrogen-bond donors (Lipinski definition) is 0. The third-order valence-corrected chi connectivity index (χ3v) is 10.0. The fraction of sp³-hybridized carbons (Fsp3) is 0.931. The molecule has 0 radical (unpaired) electrons. The van der Waals surface area contributed by atoms with E-state index < -0.39 is 0 Å². The van der Waals surface area contributed by atoms with Crippen molar-refractivity contribution in [2.24, 2.45) is 41.4 Å². The van der Waals surface area contributed by atoms with E-state index in [4.69, 9.17) is 0 Å². The SMILES string of the molecule is CSC1CCC2CCCC(C)C(CCC(C)C(C)CCCC(C)C)C(C)CC=C2C1. The van der Waals surface area contributed by atoms with Gasteiger partial charge in [0.2, 0.25) is 0 Å². The van der Waals surface area contributed by atoms with Crippen LogP contribution in [-0.4, -0.2) is 11.5 Å². The van der Waals surface area contributed by atoms with Gasteiger partial charge in [0, 0.05) is 5.25 Å². The van der Waals surface area contributed by atoms with Gasteiger partial charge >= 0.3 is 0 Å². The molecule has 0 heterocycles. The van der Waals surface area contributed by atoms with Crippen LogP contribution < -0.4 is 0 Å². The van der Waals surface area contributed by atoms with Crippen LogP contribution in [-0.2, 0) is 0 Å². The molecule has 0 aromatic rings. The number of fused-ring (bicyclic) bond motifs is 1. The molecule has 0 amide bonds. The van der Waals surface area contributed by atoms with Crippen LogP contribution >= 0.6 is 11.8 Å². The second-order valence-corrected chi connectivity index (χ2v) is 12.9. The second-order valence-electron chi connectivity index (χ2n) is 11.8. The maximum atomic E-state index is 2.72. The highest BCUT2D eigenvalue weighted by molar-refractivity contribution is 7.99. The average molecular weight is 435 g/mol. The van der Waals surface area contributed by atoms with E-state index in [9.17, 15) is 0 Å². The van der Waals surface area contributed by atoms with Crippen LogP contribution in [0.3, 0.4) is 0 Å². The van der Waals surface area contributed by atoms with Gasteiger partial charge in [0.05, 0.1) is 0 Å². The summed E-state index contributed by atoms with van der Waals surface area (Å²) in [5.74, 6) is 6.23. The lowest BCUT2D eigenvalue weighted by molar-refractivity contribution is 0.192. The van der Waals surface area contributed by atoms with Gasteiger partial charge in [0.1, 0.15) is 0 Å².